The number of hydrogen-bond acceptors (Lipinski definition) is 5. The number of halogens is 3. The molecule has 0 radical (unpaired) electrons. The number of aryl methyl sites for hydroxylation is 1. The molecule has 2 N–H and O–H groups in total. The maximum Gasteiger partial charge on any atom is 0.323 e. The van der Waals surface area contributed by atoms with Crippen molar-refractivity contribution in [1.29, 1.82) is 0 Å². The molecule has 0 saturated heterocycles. The van der Waals surface area contributed by atoms with Gasteiger partial charge in [0.2, 0.25) is 5.88 Å². The van der Waals surface area contributed by atoms with Gasteiger partial charge in [-0.2, -0.15) is 0 Å². The van der Waals surface area contributed by atoms with E-state index in [-0.39, 0.29) is 23.0 Å². The first kappa shape index (κ1) is 29.5. The van der Waals surface area contributed by atoms with Crippen molar-refractivity contribution >= 4 is 22.6 Å². The van der Waals surface area contributed by atoms with Gasteiger partial charge in [-0.05, 0) is 48.7 Å². The lowest BCUT2D eigenvalue weighted by atomic mass is 9.77. The molecular weight excluding hydrogens is 509 g/mol. The van der Waals surface area contributed by atoms with Crippen molar-refractivity contribution in [2.75, 3.05) is 12.4 Å². The number of carbonyl (C=O) groups excluding carboxylic acids is 1. The van der Waals surface area contributed by atoms with Gasteiger partial charge in [-0.15, -0.1) is 0 Å². The minimum Gasteiger partial charge on any atom is -0.496 e. The summed E-state index contributed by atoms with van der Waals surface area (Å²) in [6.45, 7) is 11.2. The topological polar surface area (TPSA) is 85.4 Å². The van der Waals surface area contributed by atoms with Crippen LogP contribution in [-0.4, -0.2) is 29.0 Å². The zero-order valence-electron chi connectivity index (χ0n) is 22.9. The van der Waals surface area contributed by atoms with E-state index in [0.29, 0.717) is 28.6 Å². The SMILES string of the molecule is C=C(/C=C(\CC)C(C)(C)C(C)(F)F)NC(=O)Nc1cccc(Oc2ncnc3cc(CC)c(OC)cc23)c1F. The number of carbonyl (C=O) groups is 1. The number of fused-ring (bicyclic) bond motifs is 1. The maximum atomic E-state index is 15.3. The Morgan fingerprint density at radius 2 is 1.85 bits per heavy atom. The van der Waals surface area contributed by atoms with E-state index < -0.39 is 23.2 Å². The second kappa shape index (κ2) is 11.8. The van der Waals surface area contributed by atoms with Gasteiger partial charge in [0.05, 0.1) is 23.7 Å². The van der Waals surface area contributed by atoms with E-state index in [0.717, 1.165) is 18.9 Å². The van der Waals surface area contributed by atoms with Crippen molar-refractivity contribution < 1.29 is 27.4 Å². The standard InChI is InChI=1S/C29H33F3N4O3/c1-8-18-14-22-20(15-24(18)38-7)26(34-16-33-22)39-23-12-10-11-21(25(23)30)36-27(37)35-17(3)13-19(9-2)28(4,5)29(6,31)32/h10-16H,3,8-9H2,1-2,4-7H3,(H2,35,36,37)/b19-13+. The molecule has 3 rings (SSSR count). The van der Waals surface area contributed by atoms with E-state index in [1.165, 1.54) is 44.4 Å². The molecule has 0 spiro atoms. The molecule has 0 aliphatic carbocycles. The molecule has 2 amide bonds. The Morgan fingerprint density at radius 3 is 2.46 bits per heavy atom. The zero-order valence-corrected chi connectivity index (χ0v) is 22.9. The number of amides is 2. The van der Waals surface area contributed by atoms with E-state index in [9.17, 15) is 13.6 Å². The molecule has 0 aliphatic heterocycles. The number of benzene rings is 2. The number of methoxy groups -OCH3 is 1. The number of anilines is 1. The summed E-state index contributed by atoms with van der Waals surface area (Å²) in [5.74, 6) is -3.26. The van der Waals surface area contributed by atoms with Gasteiger partial charge in [0.15, 0.2) is 11.6 Å². The molecule has 2 aromatic carbocycles. The Morgan fingerprint density at radius 1 is 1.13 bits per heavy atom. The summed E-state index contributed by atoms with van der Waals surface area (Å²) in [6.07, 6.45) is 3.78. The average Bonchev–Trinajstić information content (AvgIpc) is 2.88. The van der Waals surface area contributed by atoms with Gasteiger partial charge in [0, 0.05) is 18.0 Å². The van der Waals surface area contributed by atoms with Crippen molar-refractivity contribution in [3.63, 3.8) is 0 Å². The van der Waals surface area contributed by atoms with Crippen LogP contribution in [-0.2, 0) is 6.42 Å². The number of hydrogen-bond donors (Lipinski definition) is 2. The second-order valence-corrected chi connectivity index (χ2v) is 9.57. The van der Waals surface area contributed by atoms with E-state index >= 15 is 4.39 Å². The van der Waals surface area contributed by atoms with Crippen LogP contribution in [0.1, 0.15) is 46.6 Å². The largest absolute Gasteiger partial charge is 0.496 e. The summed E-state index contributed by atoms with van der Waals surface area (Å²) in [4.78, 5) is 21.0. The van der Waals surface area contributed by atoms with Crippen LogP contribution in [0.5, 0.6) is 17.4 Å². The van der Waals surface area contributed by atoms with Gasteiger partial charge in [0.25, 0.3) is 5.92 Å². The van der Waals surface area contributed by atoms with E-state index in [2.05, 4.69) is 27.2 Å². The summed E-state index contributed by atoms with van der Waals surface area (Å²) in [7, 11) is 1.55. The molecule has 0 fully saturated rings. The minimum absolute atomic E-state index is 0.0855. The third-order valence-electron chi connectivity index (χ3n) is 6.70. The summed E-state index contributed by atoms with van der Waals surface area (Å²) >= 11 is 0. The number of nitrogens with one attached hydrogen (secondary N) is 2. The molecule has 0 saturated carbocycles. The van der Waals surface area contributed by atoms with Crippen molar-refractivity contribution in [2.45, 2.75) is 53.4 Å². The van der Waals surface area contributed by atoms with Crippen molar-refractivity contribution in [2.24, 2.45) is 5.41 Å². The maximum absolute atomic E-state index is 15.3. The Kier molecular flexibility index (Phi) is 8.88. The molecule has 1 aromatic heterocycles. The lowest BCUT2D eigenvalue weighted by molar-refractivity contribution is -0.0702. The van der Waals surface area contributed by atoms with Gasteiger partial charge in [-0.25, -0.2) is 27.9 Å². The predicted octanol–water partition coefficient (Wildman–Crippen LogP) is 7.79. The highest BCUT2D eigenvalue weighted by atomic mass is 19.3. The third-order valence-corrected chi connectivity index (χ3v) is 6.70. The number of alkyl halides is 2. The molecule has 0 atom stereocenters. The molecule has 0 unspecified atom stereocenters. The Balaban J connectivity index is 1.80. The number of urea groups is 1. The normalized spacial score (nSPS) is 12.3. The van der Waals surface area contributed by atoms with Gasteiger partial charge in [0.1, 0.15) is 12.1 Å². The molecule has 10 heteroatoms. The van der Waals surface area contributed by atoms with Gasteiger partial charge in [-0.3, -0.25) is 0 Å². The predicted molar refractivity (Wildman–Crippen MR) is 146 cm³/mol. The van der Waals surface area contributed by atoms with Crippen LogP contribution in [0.4, 0.5) is 23.7 Å². The number of nitrogens with zero attached hydrogens (tertiary/aromatic N) is 2. The molecule has 39 heavy (non-hydrogen) atoms. The second-order valence-electron chi connectivity index (χ2n) is 9.57. The van der Waals surface area contributed by atoms with Crippen LogP contribution >= 0.6 is 0 Å². The number of ether oxygens (including phenoxy) is 2. The summed E-state index contributed by atoms with van der Waals surface area (Å²) in [5.41, 5.74) is 0.431. The van der Waals surface area contributed by atoms with Gasteiger partial charge < -0.3 is 20.1 Å². The lowest BCUT2D eigenvalue weighted by Crippen LogP contribution is -2.35. The molecule has 3 aromatic rings. The molecule has 1 heterocycles. The quantitative estimate of drug-likeness (QED) is 0.256. The van der Waals surface area contributed by atoms with E-state index in [1.807, 2.05) is 13.0 Å². The lowest BCUT2D eigenvalue weighted by Gasteiger charge is -2.34. The van der Waals surface area contributed by atoms with Gasteiger partial charge in [-0.1, -0.05) is 45.9 Å². The smallest absolute Gasteiger partial charge is 0.323 e. The molecule has 7 nitrogen and oxygen atoms in total. The van der Waals surface area contributed by atoms with E-state index in [1.54, 1.807) is 20.1 Å². The van der Waals surface area contributed by atoms with Crippen molar-refractivity contribution in [3.05, 3.63) is 72.0 Å². The van der Waals surface area contributed by atoms with Crippen molar-refractivity contribution in [1.82, 2.24) is 15.3 Å². The average molecular weight is 543 g/mol. The summed E-state index contributed by atoms with van der Waals surface area (Å²) in [5, 5.41) is 5.38. The highest BCUT2D eigenvalue weighted by molar-refractivity contribution is 5.91. The zero-order chi connectivity index (χ0) is 29.0. The minimum atomic E-state index is -2.99. The van der Waals surface area contributed by atoms with Crippen LogP contribution in [0, 0.1) is 11.2 Å². The molecule has 208 valence electrons. The Hall–Kier alpha value is -4.08. The fraction of sp³-hybridized carbons (Fsp3) is 0.345. The third kappa shape index (κ3) is 6.50. The number of allylic oxidation sites excluding steroid dienone is 2. The van der Waals surface area contributed by atoms with E-state index in [4.69, 9.17) is 9.47 Å². The molecular formula is C29H33F3N4O3. The molecule has 0 bridgehead atoms. The highest BCUT2D eigenvalue weighted by Crippen LogP contribution is 2.43. The van der Waals surface area contributed by atoms with Crippen LogP contribution in [0.25, 0.3) is 10.9 Å². The van der Waals surface area contributed by atoms with Crippen LogP contribution in [0.15, 0.2) is 60.6 Å². The monoisotopic (exact) mass is 542 g/mol. The number of aromatic nitrogens is 2. The molecule has 0 aliphatic rings. The number of rotatable bonds is 10. The summed E-state index contributed by atoms with van der Waals surface area (Å²) < 4.78 is 54.7. The van der Waals surface area contributed by atoms with Crippen LogP contribution in [0.2, 0.25) is 0 Å². The first-order valence-corrected chi connectivity index (χ1v) is 12.5. The van der Waals surface area contributed by atoms with Gasteiger partial charge >= 0.3 is 6.03 Å². The highest BCUT2D eigenvalue weighted by Gasteiger charge is 2.44. The fourth-order valence-corrected chi connectivity index (χ4v) is 3.99. The Bertz CT molecular complexity index is 1410. The van der Waals surface area contributed by atoms with Crippen LogP contribution in [0.3, 0.4) is 0 Å². The van der Waals surface area contributed by atoms with Crippen molar-refractivity contribution in [3.8, 4) is 17.4 Å². The van der Waals surface area contributed by atoms with Crippen LogP contribution < -0.4 is 20.1 Å². The first-order chi connectivity index (χ1) is 18.3. The first-order valence-electron chi connectivity index (χ1n) is 12.5. The Labute approximate surface area is 226 Å². The fourth-order valence-electron chi connectivity index (χ4n) is 3.99. The summed E-state index contributed by atoms with van der Waals surface area (Å²) in [6, 6.07) is 7.04.